The zero-order valence-electron chi connectivity index (χ0n) is 12.4. The summed E-state index contributed by atoms with van der Waals surface area (Å²) in [5.74, 6) is 2.92. The van der Waals surface area contributed by atoms with Crippen LogP contribution in [0.2, 0.25) is 0 Å². The van der Waals surface area contributed by atoms with Gasteiger partial charge in [-0.15, -0.1) is 0 Å². The van der Waals surface area contributed by atoms with Crippen LogP contribution in [-0.4, -0.2) is 42.9 Å². The highest BCUT2D eigenvalue weighted by Gasteiger charge is 2.55. The molecule has 4 bridgehead atoms. The Kier molecular flexibility index (Phi) is 4.42. The van der Waals surface area contributed by atoms with Gasteiger partial charge in [0.25, 0.3) is 0 Å². The van der Waals surface area contributed by atoms with Crippen LogP contribution in [0.25, 0.3) is 0 Å². The molecule has 0 aromatic carbocycles. The lowest BCUT2D eigenvalue weighted by molar-refractivity contribution is -0.158. The molecule has 0 unspecified atom stereocenters. The molecule has 0 atom stereocenters. The molecule has 4 aliphatic rings. The molecule has 20 heavy (non-hydrogen) atoms. The van der Waals surface area contributed by atoms with Crippen LogP contribution < -0.4 is 0 Å². The lowest BCUT2D eigenvalue weighted by Crippen LogP contribution is -2.55. The maximum Gasteiger partial charge on any atom is 0.228 e. The quantitative estimate of drug-likeness (QED) is 0.693. The number of halogens is 1. The predicted octanol–water partition coefficient (Wildman–Crippen LogP) is 3.07. The summed E-state index contributed by atoms with van der Waals surface area (Å²) in [4.78, 5) is 15.2. The Balaban J connectivity index is 1.74. The summed E-state index contributed by atoms with van der Waals surface area (Å²) in [6.07, 6.45) is 7.64. The first-order valence-corrected chi connectivity index (χ1v) is 9.13. The molecule has 4 aliphatic carbocycles. The number of ether oxygens (including phenoxy) is 1. The number of rotatable bonds is 6. The molecular weight excluding hydrogens is 318 g/mol. The zero-order chi connectivity index (χ0) is 14.2. The third-order valence-corrected chi connectivity index (χ3v) is 6.05. The third kappa shape index (κ3) is 2.66. The molecule has 0 spiro atoms. The van der Waals surface area contributed by atoms with Gasteiger partial charge in [-0.2, -0.15) is 0 Å². The second kappa shape index (κ2) is 5.96. The molecule has 0 N–H and O–H groups in total. The highest BCUT2D eigenvalue weighted by atomic mass is 79.9. The highest BCUT2D eigenvalue weighted by molar-refractivity contribution is 9.09. The molecule has 4 rings (SSSR count). The summed E-state index contributed by atoms with van der Waals surface area (Å²) in [6, 6.07) is 0. The normalized spacial score (nSPS) is 38.2. The Hall–Kier alpha value is -0.0900. The van der Waals surface area contributed by atoms with Crippen LogP contribution in [0.15, 0.2) is 0 Å². The van der Waals surface area contributed by atoms with Crippen LogP contribution in [0.1, 0.15) is 38.5 Å². The molecule has 4 fully saturated rings. The SMILES string of the molecule is COCCN(CCBr)C(=O)C12CC3CC(CC(C3)C1)C2. The van der Waals surface area contributed by atoms with Gasteiger partial charge in [-0.1, -0.05) is 15.9 Å². The molecule has 4 saturated carbocycles. The summed E-state index contributed by atoms with van der Waals surface area (Å²) in [5.41, 5.74) is -0.00926. The van der Waals surface area contributed by atoms with E-state index in [1.165, 1.54) is 19.3 Å². The Morgan fingerprint density at radius 3 is 2.15 bits per heavy atom. The summed E-state index contributed by atoms with van der Waals surface area (Å²) >= 11 is 3.49. The fourth-order valence-electron chi connectivity index (χ4n) is 5.33. The van der Waals surface area contributed by atoms with Crippen LogP contribution in [-0.2, 0) is 9.53 Å². The van der Waals surface area contributed by atoms with E-state index in [2.05, 4.69) is 15.9 Å². The summed E-state index contributed by atoms with van der Waals surface area (Å²) in [6.45, 7) is 2.19. The molecule has 114 valence electrons. The highest BCUT2D eigenvalue weighted by Crippen LogP contribution is 2.60. The first kappa shape index (κ1) is 14.8. The predicted molar refractivity (Wildman–Crippen MR) is 82.9 cm³/mol. The van der Waals surface area contributed by atoms with Crippen molar-refractivity contribution in [3.8, 4) is 0 Å². The molecule has 0 aliphatic heterocycles. The van der Waals surface area contributed by atoms with E-state index in [0.717, 1.165) is 55.4 Å². The molecule has 0 aromatic heterocycles. The second-order valence-electron chi connectivity index (χ2n) is 7.17. The largest absolute Gasteiger partial charge is 0.383 e. The minimum atomic E-state index is -0.00926. The molecule has 3 nitrogen and oxygen atoms in total. The number of amides is 1. The number of carbonyl (C=O) groups is 1. The fourth-order valence-corrected chi connectivity index (χ4v) is 5.75. The standard InChI is InChI=1S/C16H26BrNO2/c1-20-5-4-18(3-2-17)15(19)16-9-12-6-13(10-16)8-14(7-12)11-16/h12-14H,2-11H2,1H3. The van der Waals surface area contributed by atoms with Crippen LogP contribution >= 0.6 is 15.9 Å². The second-order valence-corrected chi connectivity index (χ2v) is 7.96. The van der Waals surface area contributed by atoms with Crippen molar-refractivity contribution in [1.29, 1.82) is 0 Å². The van der Waals surface area contributed by atoms with Gasteiger partial charge in [-0.3, -0.25) is 4.79 Å². The van der Waals surface area contributed by atoms with Gasteiger partial charge in [-0.25, -0.2) is 0 Å². The van der Waals surface area contributed by atoms with Crippen molar-refractivity contribution in [2.45, 2.75) is 38.5 Å². The molecule has 4 heteroatoms. The van der Waals surface area contributed by atoms with Crippen molar-refractivity contribution in [2.24, 2.45) is 23.2 Å². The van der Waals surface area contributed by atoms with Gasteiger partial charge in [0.05, 0.1) is 12.0 Å². The van der Waals surface area contributed by atoms with E-state index in [0.29, 0.717) is 12.5 Å². The van der Waals surface area contributed by atoms with E-state index in [4.69, 9.17) is 4.74 Å². The molecule has 0 radical (unpaired) electrons. The molecule has 0 aromatic rings. The van der Waals surface area contributed by atoms with Gasteiger partial charge in [0.15, 0.2) is 0 Å². The zero-order valence-corrected chi connectivity index (χ0v) is 14.0. The Morgan fingerprint density at radius 2 is 1.70 bits per heavy atom. The minimum Gasteiger partial charge on any atom is -0.383 e. The van der Waals surface area contributed by atoms with E-state index in [1.54, 1.807) is 7.11 Å². The van der Waals surface area contributed by atoms with Crippen molar-refractivity contribution in [1.82, 2.24) is 4.90 Å². The van der Waals surface area contributed by atoms with E-state index >= 15 is 0 Å². The number of hydrogen-bond donors (Lipinski definition) is 0. The topological polar surface area (TPSA) is 29.5 Å². The summed E-state index contributed by atoms with van der Waals surface area (Å²) in [5, 5.41) is 0.856. The maximum absolute atomic E-state index is 13.1. The average Bonchev–Trinajstić information content (AvgIpc) is 2.41. The third-order valence-electron chi connectivity index (χ3n) is 5.70. The van der Waals surface area contributed by atoms with Gasteiger partial charge in [-0.05, 0) is 56.3 Å². The number of carbonyl (C=O) groups excluding carboxylic acids is 1. The maximum atomic E-state index is 13.1. The number of methoxy groups -OCH3 is 1. The first-order chi connectivity index (χ1) is 9.66. The summed E-state index contributed by atoms with van der Waals surface area (Å²) in [7, 11) is 1.71. The van der Waals surface area contributed by atoms with Crippen molar-refractivity contribution in [3.63, 3.8) is 0 Å². The number of nitrogens with zero attached hydrogens (tertiary/aromatic N) is 1. The van der Waals surface area contributed by atoms with Crippen molar-refractivity contribution in [2.75, 3.05) is 32.1 Å². The van der Waals surface area contributed by atoms with Gasteiger partial charge in [0, 0.05) is 25.5 Å². The molecule has 1 amide bonds. The number of hydrogen-bond acceptors (Lipinski definition) is 2. The van der Waals surface area contributed by atoms with Crippen molar-refractivity contribution in [3.05, 3.63) is 0 Å². The molecule has 0 heterocycles. The summed E-state index contributed by atoms with van der Waals surface area (Å²) < 4.78 is 5.18. The molecule has 0 saturated heterocycles. The number of alkyl halides is 1. The lowest BCUT2D eigenvalue weighted by atomic mass is 9.49. The average molecular weight is 344 g/mol. The van der Waals surface area contributed by atoms with Gasteiger partial charge >= 0.3 is 0 Å². The van der Waals surface area contributed by atoms with Crippen LogP contribution in [0.4, 0.5) is 0 Å². The Labute approximate surface area is 130 Å². The van der Waals surface area contributed by atoms with Crippen molar-refractivity contribution >= 4 is 21.8 Å². The van der Waals surface area contributed by atoms with Crippen LogP contribution in [0, 0.1) is 23.2 Å². The first-order valence-electron chi connectivity index (χ1n) is 8.01. The van der Waals surface area contributed by atoms with Gasteiger partial charge < -0.3 is 9.64 Å². The minimum absolute atomic E-state index is 0.00926. The monoisotopic (exact) mass is 343 g/mol. The Morgan fingerprint density at radius 1 is 1.15 bits per heavy atom. The smallest absolute Gasteiger partial charge is 0.228 e. The van der Waals surface area contributed by atoms with Gasteiger partial charge in [0.1, 0.15) is 0 Å². The lowest BCUT2D eigenvalue weighted by Gasteiger charge is -2.56. The van der Waals surface area contributed by atoms with Crippen molar-refractivity contribution < 1.29 is 9.53 Å². The Bertz CT molecular complexity index is 336. The molecular formula is C16H26BrNO2. The van der Waals surface area contributed by atoms with E-state index < -0.39 is 0 Å². The van der Waals surface area contributed by atoms with Gasteiger partial charge in [0.2, 0.25) is 5.91 Å². The fraction of sp³-hybridized carbons (Fsp3) is 0.938. The van der Waals surface area contributed by atoms with E-state index in [9.17, 15) is 4.79 Å². The van der Waals surface area contributed by atoms with Crippen LogP contribution in [0.3, 0.4) is 0 Å². The van der Waals surface area contributed by atoms with Crippen LogP contribution in [0.5, 0.6) is 0 Å². The van der Waals surface area contributed by atoms with E-state index in [-0.39, 0.29) is 5.41 Å². The van der Waals surface area contributed by atoms with E-state index in [1.807, 2.05) is 4.90 Å².